The van der Waals surface area contributed by atoms with Crippen molar-refractivity contribution in [2.75, 3.05) is 51.6 Å². The van der Waals surface area contributed by atoms with Crippen LogP contribution in [0.5, 0.6) is 5.75 Å². The zero-order valence-corrected chi connectivity index (χ0v) is 19.5. The Morgan fingerprint density at radius 1 is 1.16 bits per heavy atom. The Kier molecular flexibility index (Phi) is 6.71. The average molecular weight is 482 g/mol. The maximum Gasteiger partial charge on any atom is 0.297 e. The van der Waals surface area contributed by atoms with Gasteiger partial charge in [0.1, 0.15) is 17.9 Å². The third kappa shape index (κ3) is 4.22. The van der Waals surface area contributed by atoms with Gasteiger partial charge in [-0.1, -0.05) is 11.6 Å². The molecule has 0 saturated carbocycles. The molecule has 12 heteroatoms. The molecule has 0 amide bonds. The minimum atomic E-state index is -3.18. The van der Waals surface area contributed by atoms with Crippen molar-refractivity contribution >= 4 is 30.7 Å². The maximum atomic E-state index is 12.5. The molecule has 2 aromatic heterocycles. The van der Waals surface area contributed by atoms with Crippen molar-refractivity contribution in [1.29, 1.82) is 0 Å². The van der Waals surface area contributed by atoms with E-state index < -0.39 is 13.9 Å². The van der Waals surface area contributed by atoms with Gasteiger partial charge in [0.2, 0.25) is 5.78 Å². The lowest BCUT2D eigenvalue weighted by molar-refractivity contribution is 0.251. The summed E-state index contributed by atoms with van der Waals surface area (Å²) >= 11 is 6.29. The van der Waals surface area contributed by atoms with E-state index in [4.69, 9.17) is 20.9 Å². The van der Waals surface area contributed by atoms with Crippen molar-refractivity contribution < 1.29 is 24.0 Å². The highest BCUT2D eigenvalue weighted by Crippen LogP contribution is 2.49. The molecule has 10 nitrogen and oxygen atoms in total. The largest absolute Gasteiger partial charge is 0.495 e. The zero-order valence-electron chi connectivity index (χ0n) is 17.8. The number of halogens is 1. The number of nitrogens with zero attached hydrogens (tertiary/aromatic N) is 5. The van der Waals surface area contributed by atoms with Crippen LogP contribution in [0.2, 0.25) is 5.02 Å². The predicted molar refractivity (Wildman–Crippen MR) is 121 cm³/mol. The number of hydrogen-bond acceptors (Lipinski definition) is 8. The molecule has 1 unspecified atom stereocenters. The van der Waals surface area contributed by atoms with Crippen molar-refractivity contribution in [2.45, 2.75) is 6.61 Å². The standard InChI is InChI=1S/C20H25ClN5O5P/c1-30-18-9-14(12-27)15(10-16(18)21)17-11-25-4-3-19(23-20(25)22-17)24-5-7-26(8-6-24)32(29,13-28)31-2/h3-4,9-11,27-28H,5-8,12-13H2,1-2H3. The van der Waals surface area contributed by atoms with Gasteiger partial charge < -0.3 is 24.4 Å². The first-order valence-corrected chi connectivity index (χ1v) is 12.2. The van der Waals surface area contributed by atoms with Gasteiger partial charge in [-0.05, 0) is 23.8 Å². The lowest BCUT2D eigenvalue weighted by atomic mass is 10.1. The van der Waals surface area contributed by atoms with Gasteiger partial charge >= 0.3 is 0 Å². The van der Waals surface area contributed by atoms with Crippen LogP contribution in [0.1, 0.15) is 5.56 Å². The van der Waals surface area contributed by atoms with E-state index in [0.29, 0.717) is 59.5 Å². The lowest BCUT2D eigenvalue weighted by Gasteiger charge is -2.37. The molecular formula is C20H25ClN5O5P. The minimum absolute atomic E-state index is 0.182. The molecule has 172 valence electrons. The van der Waals surface area contributed by atoms with Crippen LogP contribution in [-0.4, -0.2) is 76.0 Å². The Labute approximate surface area is 190 Å². The van der Waals surface area contributed by atoms with Crippen LogP contribution in [0.3, 0.4) is 0 Å². The second-order valence-corrected chi connectivity index (χ2v) is 10.2. The van der Waals surface area contributed by atoms with Crippen molar-refractivity contribution in [3.8, 4) is 17.0 Å². The fraction of sp³-hybridized carbons (Fsp3) is 0.400. The molecule has 3 heterocycles. The molecule has 1 atom stereocenters. The van der Waals surface area contributed by atoms with Crippen molar-refractivity contribution in [2.24, 2.45) is 0 Å². The second-order valence-electron chi connectivity index (χ2n) is 7.32. The van der Waals surface area contributed by atoms with E-state index in [9.17, 15) is 14.8 Å². The zero-order chi connectivity index (χ0) is 22.9. The molecule has 3 aromatic rings. The van der Waals surface area contributed by atoms with Gasteiger partial charge in [0.05, 0.1) is 24.4 Å². The van der Waals surface area contributed by atoms with Crippen LogP contribution < -0.4 is 9.64 Å². The third-order valence-electron chi connectivity index (χ3n) is 5.61. The van der Waals surface area contributed by atoms with E-state index in [1.165, 1.54) is 14.2 Å². The summed E-state index contributed by atoms with van der Waals surface area (Å²) in [6.07, 6.45) is 3.20. The number of fused-ring (bicyclic) bond motifs is 1. The van der Waals surface area contributed by atoms with Crippen LogP contribution in [0.15, 0.2) is 30.6 Å². The number of aromatic nitrogens is 3. The second kappa shape index (κ2) is 9.35. The van der Waals surface area contributed by atoms with Crippen LogP contribution >= 0.6 is 19.1 Å². The number of hydrogen-bond donors (Lipinski definition) is 2. The summed E-state index contributed by atoms with van der Waals surface area (Å²) < 4.78 is 26.3. The van der Waals surface area contributed by atoms with Crippen LogP contribution in [0.25, 0.3) is 17.0 Å². The first kappa shape index (κ1) is 23.0. The lowest BCUT2D eigenvalue weighted by Crippen LogP contribution is -2.45. The molecule has 1 aromatic carbocycles. The number of imidazole rings is 1. The highest BCUT2D eigenvalue weighted by atomic mass is 35.5. The first-order chi connectivity index (χ1) is 15.4. The van der Waals surface area contributed by atoms with Gasteiger partial charge in [-0.15, -0.1) is 0 Å². The summed E-state index contributed by atoms with van der Waals surface area (Å²) in [6, 6.07) is 5.32. The topological polar surface area (TPSA) is 113 Å². The van der Waals surface area contributed by atoms with E-state index in [2.05, 4.69) is 14.9 Å². The van der Waals surface area contributed by atoms with Gasteiger partial charge in [-0.2, -0.15) is 4.98 Å². The van der Waals surface area contributed by atoms with Gasteiger partial charge in [-0.25, -0.2) is 9.65 Å². The molecule has 1 saturated heterocycles. The molecule has 0 aliphatic carbocycles. The third-order valence-corrected chi connectivity index (χ3v) is 8.10. The molecule has 4 rings (SSSR count). The summed E-state index contributed by atoms with van der Waals surface area (Å²) in [7, 11) is -0.299. The molecule has 0 spiro atoms. The molecule has 1 aliphatic heterocycles. The smallest absolute Gasteiger partial charge is 0.297 e. The van der Waals surface area contributed by atoms with E-state index in [-0.39, 0.29) is 6.61 Å². The Morgan fingerprint density at radius 3 is 2.53 bits per heavy atom. The molecule has 2 N–H and O–H groups in total. The molecule has 32 heavy (non-hydrogen) atoms. The number of aliphatic hydroxyl groups excluding tert-OH is 2. The fourth-order valence-corrected chi connectivity index (χ4v) is 5.34. The first-order valence-electron chi connectivity index (χ1n) is 10.0. The maximum absolute atomic E-state index is 12.5. The predicted octanol–water partition coefficient (Wildman–Crippen LogP) is 2.46. The monoisotopic (exact) mass is 481 g/mol. The highest BCUT2D eigenvalue weighted by molar-refractivity contribution is 7.56. The Balaban J connectivity index is 1.59. The average Bonchev–Trinajstić information content (AvgIpc) is 3.26. The number of methoxy groups -OCH3 is 1. The molecule has 0 bridgehead atoms. The SMILES string of the molecule is COc1cc(CO)c(-c2cn3ccc(N4CCN(P(=O)(CO)OC)CC4)nc3n2)cc1Cl. The summed E-state index contributed by atoms with van der Waals surface area (Å²) in [5.74, 6) is 1.75. The highest BCUT2D eigenvalue weighted by Gasteiger charge is 2.33. The summed E-state index contributed by atoms with van der Waals surface area (Å²) in [4.78, 5) is 11.4. The minimum Gasteiger partial charge on any atom is -0.495 e. The van der Waals surface area contributed by atoms with Gasteiger partial charge in [-0.3, -0.25) is 8.97 Å². The quantitative estimate of drug-likeness (QED) is 0.491. The van der Waals surface area contributed by atoms with Crippen molar-refractivity contribution in [3.05, 3.63) is 41.2 Å². The molecule has 0 radical (unpaired) electrons. The summed E-state index contributed by atoms with van der Waals surface area (Å²) in [5, 5.41) is 19.6. The molecular weight excluding hydrogens is 457 g/mol. The van der Waals surface area contributed by atoms with E-state index >= 15 is 0 Å². The number of anilines is 1. The van der Waals surface area contributed by atoms with Crippen molar-refractivity contribution in [3.63, 3.8) is 0 Å². The summed E-state index contributed by atoms with van der Waals surface area (Å²) in [5.41, 5.74) is 1.99. The molecule has 1 fully saturated rings. The summed E-state index contributed by atoms with van der Waals surface area (Å²) in [6.45, 7) is 1.98. The Hall–Kier alpha value is -2.20. The number of aliphatic hydroxyl groups is 2. The van der Waals surface area contributed by atoms with Crippen LogP contribution in [0, 0.1) is 0 Å². The van der Waals surface area contributed by atoms with Crippen molar-refractivity contribution in [1.82, 2.24) is 19.0 Å². The number of piperazine rings is 1. The normalized spacial score (nSPS) is 17.0. The van der Waals surface area contributed by atoms with E-state index in [1.54, 1.807) is 21.2 Å². The van der Waals surface area contributed by atoms with Crippen LogP contribution in [-0.2, 0) is 15.7 Å². The Morgan fingerprint density at radius 2 is 1.91 bits per heavy atom. The number of rotatable bonds is 7. The van der Waals surface area contributed by atoms with E-state index in [0.717, 1.165) is 5.82 Å². The van der Waals surface area contributed by atoms with Gasteiger partial charge in [0, 0.05) is 51.2 Å². The Bertz CT molecular complexity index is 1160. The number of ether oxygens (including phenoxy) is 1. The number of benzene rings is 1. The van der Waals surface area contributed by atoms with E-state index in [1.807, 2.05) is 18.5 Å². The fourth-order valence-electron chi connectivity index (χ4n) is 3.78. The van der Waals surface area contributed by atoms with Crippen LogP contribution in [0.4, 0.5) is 5.82 Å². The molecule has 1 aliphatic rings. The van der Waals surface area contributed by atoms with Gasteiger partial charge in [0.25, 0.3) is 7.52 Å². The van der Waals surface area contributed by atoms with Gasteiger partial charge in [0.15, 0.2) is 0 Å².